The van der Waals surface area contributed by atoms with E-state index in [1.54, 1.807) is 0 Å². The summed E-state index contributed by atoms with van der Waals surface area (Å²) in [4.78, 5) is 6.68. The first-order chi connectivity index (χ1) is 7.49. The molecule has 0 atom stereocenters. The number of halogens is 1. The SMILES string of the molecule is CC(C)CN(Cc1cncc(Br)c1)C(C)C. The van der Waals surface area contributed by atoms with Crippen molar-refractivity contribution in [2.75, 3.05) is 6.54 Å². The summed E-state index contributed by atoms with van der Waals surface area (Å²) in [7, 11) is 0. The lowest BCUT2D eigenvalue weighted by molar-refractivity contribution is 0.189. The van der Waals surface area contributed by atoms with Gasteiger partial charge in [-0.25, -0.2) is 0 Å². The van der Waals surface area contributed by atoms with Crippen LogP contribution in [0.15, 0.2) is 22.9 Å². The van der Waals surface area contributed by atoms with E-state index in [9.17, 15) is 0 Å². The van der Waals surface area contributed by atoms with Gasteiger partial charge in [0.2, 0.25) is 0 Å². The van der Waals surface area contributed by atoms with E-state index >= 15 is 0 Å². The molecule has 1 aromatic rings. The summed E-state index contributed by atoms with van der Waals surface area (Å²) in [6.07, 6.45) is 3.77. The second-order valence-electron chi connectivity index (χ2n) is 4.93. The molecule has 0 aromatic carbocycles. The van der Waals surface area contributed by atoms with Crippen molar-refractivity contribution in [3.63, 3.8) is 0 Å². The van der Waals surface area contributed by atoms with Crippen molar-refractivity contribution in [1.82, 2.24) is 9.88 Å². The zero-order valence-corrected chi connectivity index (χ0v) is 12.2. The van der Waals surface area contributed by atoms with Crippen LogP contribution in [-0.2, 0) is 6.54 Å². The monoisotopic (exact) mass is 284 g/mol. The Morgan fingerprint density at radius 1 is 1.25 bits per heavy atom. The smallest absolute Gasteiger partial charge is 0.0410 e. The van der Waals surface area contributed by atoms with Gasteiger partial charge in [0, 0.05) is 36.0 Å². The number of aromatic nitrogens is 1. The topological polar surface area (TPSA) is 16.1 Å². The molecule has 0 unspecified atom stereocenters. The summed E-state index contributed by atoms with van der Waals surface area (Å²) in [6.45, 7) is 11.1. The molecule has 0 bridgehead atoms. The Kier molecular flexibility index (Phi) is 5.42. The maximum atomic E-state index is 4.20. The average Bonchev–Trinajstić information content (AvgIpc) is 2.15. The summed E-state index contributed by atoms with van der Waals surface area (Å²) in [6, 6.07) is 2.71. The van der Waals surface area contributed by atoms with Crippen molar-refractivity contribution in [1.29, 1.82) is 0 Å². The molecule has 0 aliphatic heterocycles. The molecule has 0 fully saturated rings. The highest BCUT2D eigenvalue weighted by Gasteiger charge is 2.11. The molecule has 0 radical (unpaired) electrons. The van der Waals surface area contributed by atoms with E-state index in [0.717, 1.165) is 17.6 Å². The maximum Gasteiger partial charge on any atom is 0.0410 e. The van der Waals surface area contributed by atoms with Crippen LogP contribution in [0.1, 0.15) is 33.3 Å². The lowest BCUT2D eigenvalue weighted by Crippen LogP contribution is -2.33. The lowest BCUT2D eigenvalue weighted by Gasteiger charge is -2.28. The van der Waals surface area contributed by atoms with Crippen LogP contribution in [0.3, 0.4) is 0 Å². The van der Waals surface area contributed by atoms with Gasteiger partial charge < -0.3 is 0 Å². The van der Waals surface area contributed by atoms with Gasteiger partial charge in [-0.05, 0) is 47.3 Å². The molecule has 0 aliphatic carbocycles. The van der Waals surface area contributed by atoms with Crippen molar-refractivity contribution in [2.24, 2.45) is 5.92 Å². The van der Waals surface area contributed by atoms with Gasteiger partial charge in [-0.1, -0.05) is 13.8 Å². The maximum absolute atomic E-state index is 4.20. The molecule has 1 heterocycles. The van der Waals surface area contributed by atoms with Crippen molar-refractivity contribution in [2.45, 2.75) is 40.3 Å². The van der Waals surface area contributed by atoms with Gasteiger partial charge in [0.15, 0.2) is 0 Å². The summed E-state index contributed by atoms with van der Waals surface area (Å²) in [5.41, 5.74) is 1.27. The zero-order valence-electron chi connectivity index (χ0n) is 10.6. The van der Waals surface area contributed by atoms with E-state index in [4.69, 9.17) is 0 Å². The van der Waals surface area contributed by atoms with Crippen LogP contribution in [0.2, 0.25) is 0 Å². The van der Waals surface area contributed by atoms with Crippen molar-refractivity contribution in [3.05, 3.63) is 28.5 Å². The average molecular weight is 285 g/mol. The third-order valence-electron chi connectivity index (χ3n) is 2.48. The highest BCUT2D eigenvalue weighted by atomic mass is 79.9. The molecule has 90 valence electrons. The van der Waals surface area contributed by atoms with E-state index < -0.39 is 0 Å². The highest BCUT2D eigenvalue weighted by Crippen LogP contribution is 2.14. The van der Waals surface area contributed by atoms with Crippen LogP contribution >= 0.6 is 15.9 Å². The first-order valence-corrected chi connectivity index (χ1v) is 6.61. The van der Waals surface area contributed by atoms with Crippen LogP contribution in [0.4, 0.5) is 0 Å². The van der Waals surface area contributed by atoms with Gasteiger partial charge >= 0.3 is 0 Å². The number of hydrogen-bond donors (Lipinski definition) is 0. The Morgan fingerprint density at radius 2 is 1.94 bits per heavy atom. The molecule has 16 heavy (non-hydrogen) atoms. The second-order valence-corrected chi connectivity index (χ2v) is 5.84. The third-order valence-corrected chi connectivity index (χ3v) is 2.91. The summed E-state index contributed by atoms with van der Waals surface area (Å²) in [5.74, 6) is 0.697. The normalized spacial score (nSPS) is 11.8. The molecule has 1 rings (SSSR count). The Hall–Kier alpha value is -0.410. The van der Waals surface area contributed by atoms with Gasteiger partial charge in [-0.2, -0.15) is 0 Å². The first-order valence-electron chi connectivity index (χ1n) is 5.82. The molecule has 0 saturated heterocycles. The van der Waals surface area contributed by atoms with Crippen molar-refractivity contribution in [3.8, 4) is 0 Å². The minimum absolute atomic E-state index is 0.571. The molecule has 3 heteroatoms. The zero-order chi connectivity index (χ0) is 12.1. The van der Waals surface area contributed by atoms with Crippen LogP contribution in [0.5, 0.6) is 0 Å². The predicted molar refractivity (Wildman–Crippen MR) is 72.3 cm³/mol. The van der Waals surface area contributed by atoms with Gasteiger partial charge in [0.05, 0.1) is 0 Å². The molecule has 0 spiro atoms. The number of rotatable bonds is 5. The molecule has 0 amide bonds. The fourth-order valence-corrected chi connectivity index (χ4v) is 2.12. The molecular weight excluding hydrogens is 264 g/mol. The molecular formula is C13H21BrN2. The van der Waals surface area contributed by atoms with E-state index in [0.29, 0.717) is 12.0 Å². The highest BCUT2D eigenvalue weighted by molar-refractivity contribution is 9.10. The minimum Gasteiger partial charge on any atom is -0.296 e. The summed E-state index contributed by atoms with van der Waals surface area (Å²) < 4.78 is 1.05. The Bertz CT molecular complexity index is 323. The number of nitrogens with zero attached hydrogens (tertiary/aromatic N) is 2. The predicted octanol–water partition coefficient (Wildman–Crippen LogP) is 3.71. The molecule has 1 aromatic heterocycles. The van der Waals surface area contributed by atoms with Gasteiger partial charge in [0.1, 0.15) is 0 Å². The summed E-state index contributed by atoms with van der Waals surface area (Å²) in [5, 5.41) is 0. The number of pyridine rings is 1. The number of hydrogen-bond acceptors (Lipinski definition) is 2. The standard InChI is InChI=1S/C13H21BrN2/c1-10(2)8-16(11(3)4)9-12-5-13(14)7-15-6-12/h5-7,10-11H,8-9H2,1-4H3. The molecule has 2 nitrogen and oxygen atoms in total. The second kappa shape index (κ2) is 6.36. The Morgan fingerprint density at radius 3 is 2.44 bits per heavy atom. The van der Waals surface area contributed by atoms with Crippen molar-refractivity contribution < 1.29 is 0 Å². The van der Waals surface area contributed by atoms with Crippen LogP contribution < -0.4 is 0 Å². The quantitative estimate of drug-likeness (QED) is 0.820. The van der Waals surface area contributed by atoms with Crippen LogP contribution in [0, 0.1) is 5.92 Å². The summed E-state index contributed by atoms with van der Waals surface area (Å²) >= 11 is 3.46. The van der Waals surface area contributed by atoms with Gasteiger partial charge in [-0.3, -0.25) is 9.88 Å². The largest absolute Gasteiger partial charge is 0.296 e. The first kappa shape index (κ1) is 13.7. The third kappa shape index (κ3) is 4.62. The van der Waals surface area contributed by atoms with E-state index in [1.807, 2.05) is 12.4 Å². The van der Waals surface area contributed by atoms with Gasteiger partial charge in [0.25, 0.3) is 0 Å². The fourth-order valence-electron chi connectivity index (χ4n) is 1.70. The minimum atomic E-state index is 0.571. The Balaban J connectivity index is 2.68. The fraction of sp³-hybridized carbons (Fsp3) is 0.615. The van der Waals surface area contributed by atoms with Gasteiger partial charge in [-0.15, -0.1) is 0 Å². The van der Waals surface area contributed by atoms with E-state index in [1.165, 1.54) is 5.56 Å². The molecule has 0 aliphatic rings. The van der Waals surface area contributed by atoms with Crippen LogP contribution in [-0.4, -0.2) is 22.5 Å². The lowest BCUT2D eigenvalue weighted by atomic mass is 10.1. The van der Waals surface area contributed by atoms with E-state index in [2.05, 4.69) is 59.6 Å². The molecule has 0 N–H and O–H groups in total. The Labute approximate surface area is 107 Å². The van der Waals surface area contributed by atoms with Crippen LogP contribution in [0.25, 0.3) is 0 Å². The molecule has 0 saturated carbocycles. The van der Waals surface area contributed by atoms with Crippen molar-refractivity contribution >= 4 is 15.9 Å². The van der Waals surface area contributed by atoms with E-state index in [-0.39, 0.29) is 0 Å².